The Bertz CT molecular complexity index is 695. The number of amides is 1. The molecule has 4 aliphatic rings. The first-order valence-electron chi connectivity index (χ1n) is 9.30. The summed E-state index contributed by atoms with van der Waals surface area (Å²) in [7, 11) is 0. The van der Waals surface area contributed by atoms with Crippen molar-refractivity contribution >= 4 is 11.6 Å². The minimum Gasteiger partial charge on any atom is -0.784 e. The predicted molar refractivity (Wildman–Crippen MR) is 98.1 cm³/mol. The lowest BCUT2D eigenvalue weighted by Gasteiger charge is -2.43. The lowest BCUT2D eigenvalue weighted by molar-refractivity contribution is -0.128. The number of fused-ring (bicyclic) bond motifs is 5. The van der Waals surface area contributed by atoms with Crippen LogP contribution in [0, 0.1) is 17.0 Å². The van der Waals surface area contributed by atoms with Gasteiger partial charge in [0.1, 0.15) is 5.54 Å². The maximum absolute atomic E-state index is 12.7. The highest BCUT2D eigenvalue weighted by Gasteiger charge is 2.40. The van der Waals surface area contributed by atoms with Gasteiger partial charge in [0.05, 0.1) is 0 Å². The first-order chi connectivity index (χ1) is 12.0. The van der Waals surface area contributed by atoms with Crippen molar-refractivity contribution in [2.45, 2.75) is 38.1 Å². The number of hydrogen-bond acceptors (Lipinski definition) is 4. The van der Waals surface area contributed by atoms with Gasteiger partial charge in [-0.05, 0) is 56.1 Å². The molecule has 1 atom stereocenters. The van der Waals surface area contributed by atoms with Crippen molar-refractivity contribution in [1.82, 2.24) is 9.96 Å². The van der Waals surface area contributed by atoms with Crippen LogP contribution in [0.3, 0.4) is 0 Å². The fraction of sp³-hybridized carbons (Fsp3) is 0.550. The van der Waals surface area contributed by atoms with Crippen LogP contribution in [0.4, 0.5) is 0 Å². The van der Waals surface area contributed by atoms with Crippen LogP contribution in [0.1, 0.15) is 43.7 Å². The summed E-state index contributed by atoms with van der Waals surface area (Å²) in [6.07, 6.45) is 7.22. The molecule has 2 saturated heterocycles. The summed E-state index contributed by atoms with van der Waals surface area (Å²) in [5.74, 6) is 0.877. The van der Waals surface area contributed by atoms with E-state index in [4.69, 9.17) is 5.73 Å². The Kier molecular flexibility index (Phi) is 4.08. The SMILES string of the molecule is CC1(C(N)=O)c2ccccc2C(N2CC3CCC(CC3)C2)=CCN1[O-]. The van der Waals surface area contributed by atoms with Gasteiger partial charge in [-0.15, -0.1) is 0 Å². The van der Waals surface area contributed by atoms with Gasteiger partial charge in [-0.25, -0.2) is 0 Å². The quantitative estimate of drug-likeness (QED) is 0.898. The van der Waals surface area contributed by atoms with Crippen molar-refractivity contribution in [2.75, 3.05) is 19.6 Å². The largest absolute Gasteiger partial charge is 0.784 e. The predicted octanol–water partition coefficient (Wildman–Crippen LogP) is 2.66. The van der Waals surface area contributed by atoms with Gasteiger partial charge in [-0.2, -0.15) is 0 Å². The zero-order valence-electron chi connectivity index (χ0n) is 14.8. The Morgan fingerprint density at radius 2 is 1.76 bits per heavy atom. The Balaban J connectivity index is 1.79. The molecule has 1 aliphatic carbocycles. The van der Waals surface area contributed by atoms with E-state index < -0.39 is 11.4 Å². The highest BCUT2D eigenvalue weighted by molar-refractivity contribution is 5.88. The summed E-state index contributed by atoms with van der Waals surface area (Å²) in [4.78, 5) is 14.7. The van der Waals surface area contributed by atoms with Gasteiger partial charge in [0.2, 0.25) is 5.91 Å². The number of benzene rings is 1. The molecule has 0 aromatic heterocycles. The average Bonchev–Trinajstić information content (AvgIpc) is 2.98. The molecule has 3 heterocycles. The minimum absolute atomic E-state index is 0.176. The lowest BCUT2D eigenvalue weighted by Crippen LogP contribution is -2.50. The van der Waals surface area contributed by atoms with Gasteiger partial charge >= 0.3 is 0 Å². The van der Waals surface area contributed by atoms with Crippen LogP contribution in [-0.2, 0) is 10.3 Å². The van der Waals surface area contributed by atoms with E-state index in [0.29, 0.717) is 0 Å². The summed E-state index contributed by atoms with van der Waals surface area (Å²) in [6, 6.07) is 7.74. The van der Waals surface area contributed by atoms with Crippen molar-refractivity contribution in [3.05, 3.63) is 46.7 Å². The van der Waals surface area contributed by atoms with Crippen LogP contribution in [0.25, 0.3) is 5.70 Å². The molecule has 1 aromatic rings. The van der Waals surface area contributed by atoms with Crippen LogP contribution in [-0.4, -0.2) is 35.5 Å². The Labute approximate surface area is 149 Å². The number of hydroxylamine groups is 2. The van der Waals surface area contributed by atoms with Crippen LogP contribution >= 0.6 is 0 Å². The summed E-state index contributed by atoms with van der Waals surface area (Å²) in [6.45, 7) is 3.91. The molecule has 0 radical (unpaired) electrons. The molecular formula is C20H26N3O2-. The molecule has 3 fully saturated rings. The second-order valence-electron chi connectivity index (χ2n) is 7.92. The van der Waals surface area contributed by atoms with E-state index in [0.717, 1.165) is 46.8 Å². The van der Waals surface area contributed by atoms with E-state index >= 15 is 0 Å². The second-order valence-corrected chi connectivity index (χ2v) is 7.92. The Hall–Kier alpha value is -1.85. The average molecular weight is 340 g/mol. The van der Waals surface area contributed by atoms with Crippen molar-refractivity contribution in [3.63, 3.8) is 0 Å². The van der Waals surface area contributed by atoms with E-state index in [9.17, 15) is 10.0 Å². The number of primary amides is 1. The van der Waals surface area contributed by atoms with E-state index in [1.54, 1.807) is 6.92 Å². The third-order valence-electron chi connectivity index (χ3n) is 6.42. The third kappa shape index (κ3) is 2.66. The number of rotatable bonds is 2. The van der Waals surface area contributed by atoms with Gasteiger partial charge in [0.15, 0.2) is 0 Å². The molecule has 1 saturated carbocycles. The normalized spacial score (nSPS) is 32.6. The van der Waals surface area contributed by atoms with Gasteiger partial charge in [-0.3, -0.25) is 4.79 Å². The van der Waals surface area contributed by atoms with Crippen LogP contribution in [0.2, 0.25) is 0 Å². The topological polar surface area (TPSA) is 72.6 Å². The molecule has 3 aliphatic heterocycles. The van der Waals surface area contributed by atoms with E-state index in [-0.39, 0.29) is 6.54 Å². The molecule has 0 spiro atoms. The van der Waals surface area contributed by atoms with Gasteiger partial charge in [0.25, 0.3) is 0 Å². The Morgan fingerprint density at radius 3 is 2.36 bits per heavy atom. The molecule has 25 heavy (non-hydrogen) atoms. The van der Waals surface area contributed by atoms with Crippen molar-refractivity contribution < 1.29 is 4.79 Å². The monoisotopic (exact) mass is 340 g/mol. The first-order valence-corrected chi connectivity index (χ1v) is 9.30. The smallest absolute Gasteiger partial charge is 0.241 e. The molecular weight excluding hydrogens is 314 g/mol. The molecule has 5 rings (SSSR count). The molecule has 1 aromatic carbocycles. The van der Waals surface area contributed by atoms with E-state index in [2.05, 4.69) is 4.90 Å². The maximum Gasteiger partial charge on any atom is 0.241 e. The number of hydrogen-bond donors (Lipinski definition) is 1. The molecule has 2 bridgehead atoms. The third-order valence-corrected chi connectivity index (χ3v) is 6.42. The molecule has 5 nitrogen and oxygen atoms in total. The van der Waals surface area contributed by atoms with Crippen LogP contribution in [0.5, 0.6) is 0 Å². The van der Waals surface area contributed by atoms with Crippen LogP contribution in [0.15, 0.2) is 30.3 Å². The van der Waals surface area contributed by atoms with Crippen LogP contribution < -0.4 is 5.73 Å². The number of nitrogens with two attached hydrogens (primary N) is 1. The molecule has 1 unspecified atom stereocenters. The highest BCUT2D eigenvalue weighted by Crippen LogP contribution is 2.41. The fourth-order valence-corrected chi connectivity index (χ4v) is 4.77. The summed E-state index contributed by atoms with van der Waals surface area (Å²) < 4.78 is 0. The Morgan fingerprint density at radius 1 is 1.16 bits per heavy atom. The highest BCUT2D eigenvalue weighted by atomic mass is 16.5. The van der Waals surface area contributed by atoms with Gasteiger partial charge in [0, 0.05) is 30.9 Å². The molecule has 5 heteroatoms. The number of carbonyl (C=O) groups excluding carboxylic acids is 1. The zero-order valence-corrected chi connectivity index (χ0v) is 14.8. The standard InChI is InChI=1S/C20H26N3O2/c1-20(19(21)24)17-5-3-2-4-16(17)18(10-11-23(20)25)22-12-14-6-7-15(13-22)9-8-14/h2-5,10,14-15H,6-9,11-13H2,1H3,(H2,21,24)/q-1. The second kappa shape index (κ2) is 6.15. The van der Waals surface area contributed by atoms with Gasteiger partial charge in [-0.1, -0.05) is 24.3 Å². The van der Waals surface area contributed by atoms with Gasteiger partial charge < -0.3 is 20.9 Å². The summed E-state index contributed by atoms with van der Waals surface area (Å²) >= 11 is 0. The number of nitrogens with zero attached hydrogens (tertiary/aromatic N) is 2. The zero-order chi connectivity index (χ0) is 17.6. The maximum atomic E-state index is 12.7. The van der Waals surface area contributed by atoms with E-state index in [1.165, 1.54) is 25.7 Å². The van der Waals surface area contributed by atoms with Crippen molar-refractivity contribution in [3.8, 4) is 0 Å². The minimum atomic E-state index is -1.33. The lowest BCUT2D eigenvalue weighted by atomic mass is 9.84. The molecule has 134 valence electrons. The van der Waals surface area contributed by atoms with Crippen molar-refractivity contribution in [1.29, 1.82) is 0 Å². The number of carbonyl (C=O) groups is 1. The molecule has 2 N–H and O–H groups in total. The van der Waals surface area contributed by atoms with Crippen molar-refractivity contribution in [2.24, 2.45) is 17.6 Å². The summed E-state index contributed by atoms with van der Waals surface area (Å²) in [5, 5.41) is 13.6. The van der Waals surface area contributed by atoms with E-state index in [1.807, 2.05) is 30.3 Å². The first kappa shape index (κ1) is 16.6. The summed E-state index contributed by atoms with van der Waals surface area (Å²) in [5.41, 5.74) is 7.12. The fourth-order valence-electron chi connectivity index (χ4n) is 4.77. The molecule has 1 amide bonds.